The molecule has 3 nitrogen and oxygen atoms in total. The Labute approximate surface area is 129 Å². The predicted molar refractivity (Wildman–Crippen MR) is 90.7 cm³/mol. The molecule has 1 aliphatic heterocycles. The van der Waals surface area contributed by atoms with E-state index in [-0.39, 0.29) is 11.2 Å². The van der Waals surface area contributed by atoms with Crippen molar-refractivity contribution in [2.24, 2.45) is 0 Å². The maximum atomic E-state index is 11.9. The fourth-order valence-corrected chi connectivity index (χ4v) is 3.37. The second-order valence-electron chi connectivity index (χ2n) is 4.96. The van der Waals surface area contributed by atoms with Crippen molar-refractivity contribution in [3.63, 3.8) is 0 Å². The van der Waals surface area contributed by atoms with Gasteiger partial charge < -0.3 is 5.32 Å². The molecule has 2 rings (SSSR count). The van der Waals surface area contributed by atoms with E-state index in [9.17, 15) is 4.79 Å². The van der Waals surface area contributed by atoms with Crippen molar-refractivity contribution >= 4 is 35.1 Å². The van der Waals surface area contributed by atoms with Gasteiger partial charge in [0, 0.05) is 36.8 Å². The smallest absolute Gasteiger partial charge is 0.237 e. The van der Waals surface area contributed by atoms with E-state index < -0.39 is 0 Å². The number of benzene rings is 1. The minimum Gasteiger partial charge on any atom is -0.325 e. The molecule has 1 aliphatic rings. The summed E-state index contributed by atoms with van der Waals surface area (Å²) in [4.78, 5) is 14.4. The normalized spacial score (nSPS) is 17.7. The third kappa shape index (κ3) is 4.72. The highest BCUT2D eigenvalue weighted by molar-refractivity contribution is 8.00. The number of carbonyl (C=O) groups excluding carboxylic acids is 1. The quantitative estimate of drug-likeness (QED) is 0.906. The summed E-state index contributed by atoms with van der Waals surface area (Å²) in [6, 6.07) is 8.20. The molecular weight excluding hydrogens is 288 g/mol. The number of thioether (sulfide) groups is 2. The molecule has 1 aromatic carbocycles. The van der Waals surface area contributed by atoms with Crippen LogP contribution in [0, 0.1) is 0 Å². The lowest BCUT2D eigenvalue weighted by Gasteiger charge is -2.26. The van der Waals surface area contributed by atoms with Gasteiger partial charge >= 0.3 is 0 Å². The molecular formula is C15H22N2OS2. The summed E-state index contributed by atoms with van der Waals surface area (Å²) in [7, 11) is 0. The number of hydrogen-bond acceptors (Lipinski definition) is 4. The van der Waals surface area contributed by atoms with Gasteiger partial charge in [0.1, 0.15) is 0 Å². The third-order valence-corrected chi connectivity index (χ3v) is 5.29. The summed E-state index contributed by atoms with van der Waals surface area (Å²) in [6.45, 7) is 5.22. The van der Waals surface area contributed by atoms with Crippen LogP contribution in [0.5, 0.6) is 0 Å². The van der Waals surface area contributed by atoms with Crippen molar-refractivity contribution in [3.8, 4) is 0 Å². The number of nitrogens with one attached hydrogen (secondary N) is 1. The summed E-state index contributed by atoms with van der Waals surface area (Å²) in [5, 5.41) is 2.97. The summed E-state index contributed by atoms with van der Waals surface area (Å²) in [5.74, 6) is 2.52. The molecule has 1 heterocycles. The van der Waals surface area contributed by atoms with Crippen LogP contribution in [0.1, 0.15) is 12.5 Å². The molecule has 0 aliphatic carbocycles. The molecule has 0 bridgehead atoms. The molecule has 0 radical (unpaired) electrons. The highest BCUT2D eigenvalue weighted by Crippen LogP contribution is 2.17. The van der Waals surface area contributed by atoms with E-state index >= 15 is 0 Å². The molecule has 1 fully saturated rings. The van der Waals surface area contributed by atoms with Gasteiger partial charge in [0.15, 0.2) is 0 Å². The second-order valence-corrected chi connectivity index (χ2v) is 7.36. The fraction of sp³-hybridized carbons (Fsp3) is 0.533. The van der Waals surface area contributed by atoms with Gasteiger partial charge in [0.05, 0.1) is 5.25 Å². The van der Waals surface area contributed by atoms with Crippen LogP contribution in [0.2, 0.25) is 0 Å². The van der Waals surface area contributed by atoms with Crippen LogP contribution in [-0.4, -0.2) is 46.9 Å². The SMILES string of the molecule is CSC(C)C(=O)Nc1cccc(CN2CCSCC2)c1. The lowest BCUT2D eigenvalue weighted by Crippen LogP contribution is -2.32. The molecule has 20 heavy (non-hydrogen) atoms. The molecule has 0 saturated carbocycles. The van der Waals surface area contributed by atoms with Gasteiger partial charge in [-0.2, -0.15) is 23.5 Å². The molecule has 0 spiro atoms. The zero-order valence-electron chi connectivity index (χ0n) is 12.1. The molecule has 1 atom stereocenters. The average Bonchev–Trinajstić information content (AvgIpc) is 2.47. The monoisotopic (exact) mass is 310 g/mol. The topological polar surface area (TPSA) is 32.3 Å². The zero-order chi connectivity index (χ0) is 14.4. The molecule has 1 saturated heterocycles. The Morgan fingerprint density at radius 1 is 1.45 bits per heavy atom. The highest BCUT2D eigenvalue weighted by Gasteiger charge is 2.13. The van der Waals surface area contributed by atoms with Gasteiger partial charge in [-0.1, -0.05) is 12.1 Å². The summed E-state index contributed by atoms with van der Waals surface area (Å²) in [5.41, 5.74) is 2.17. The van der Waals surface area contributed by atoms with Crippen molar-refractivity contribution in [1.29, 1.82) is 0 Å². The Morgan fingerprint density at radius 3 is 2.90 bits per heavy atom. The first-order chi connectivity index (χ1) is 9.69. The number of nitrogens with zero attached hydrogens (tertiary/aromatic N) is 1. The number of carbonyl (C=O) groups is 1. The summed E-state index contributed by atoms with van der Waals surface area (Å²) < 4.78 is 0. The average molecular weight is 310 g/mol. The van der Waals surface area contributed by atoms with Gasteiger partial charge in [0.2, 0.25) is 5.91 Å². The van der Waals surface area contributed by atoms with Crippen molar-refractivity contribution in [1.82, 2.24) is 4.90 Å². The minimum atomic E-state index is -0.0159. The van der Waals surface area contributed by atoms with E-state index in [2.05, 4.69) is 22.3 Å². The van der Waals surface area contributed by atoms with Crippen LogP contribution in [0.4, 0.5) is 5.69 Å². The first-order valence-electron chi connectivity index (χ1n) is 6.92. The number of rotatable bonds is 5. The Balaban J connectivity index is 1.94. The van der Waals surface area contributed by atoms with Gasteiger partial charge in [0.25, 0.3) is 0 Å². The zero-order valence-corrected chi connectivity index (χ0v) is 13.7. The molecule has 5 heteroatoms. The predicted octanol–water partition coefficient (Wildman–Crippen LogP) is 2.93. The third-order valence-electron chi connectivity index (χ3n) is 3.43. The van der Waals surface area contributed by atoms with E-state index in [1.165, 1.54) is 17.1 Å². The largest absolute Gasteiger partial charge is 0.325 e. The molecule has 1 amide bonds. The van der Waals surface area contributed by atoms with E-state index in [1.807, 2.05) is 37.1 Å². The minimum absolute atomic E-state index is 0.0159. The first-order valence-corrected chi connectivity index (χ1v) is 9.36. The Kier molecular flexibility index (Phi) is 6.26. The standard InChI is InChI=1S/C15H22N2OS2/c1-12(19-2)15(18)16-14-5-3-4-13(10-14)11-17-6-8-20-9-7-17/h3-5,10,12H,6-9,11H2,1-2H3,(H,16,18). The van der Waals surface area contributed by atoms with E-state index in [4.69, 9.17) is 0 Å². The molecule has 110 valence electrons. The number of hydrogen-bond donors (Lipinski definition) is 1. The Hall–Kier alpha value is -0.650. The van der Waals surface area contributed by atoms with Gasteiger partial charge in [-0.05, 0) is 30.9 Å². The first kappa shape index (κ1) is 15.7. The second kappa shape index (κ2) is 7.96. The highest BCUT2D eigenvalue weighted by atomic mass is 32.2. The van der Waals surface area contributed by atoms with Crippen LogP contribution in [0.25, 0.3) is 0 Å². The van der Waals surface area contributed by atoms with Crippen molar-refractivity contribution in [2.45, 2.75) is 18.7 Å². The van der Waals surface area contributed by atoms with E-state index in [1.54, 1.807) is 11.8 Å². The van der Waals surface area contributed by atoms with Gasteiger partial charge in [-0.25, -0.2) is 0 Å². The Morgan fingerprint density at radius 2 is 2.20 bits per heavy atom. The van der Waals surface area contributed by atoms with Gasteiger partial charge in [-0.3, -0.25) is 9.69 Å². The van der Waals surface area contributed by atoms with Crippen molar-refractivity contribution in [3.05, 3.63) is 29.8 Å². The van der Waals surface area contributed by atoms with E-state index in [0.717, 1.165) is 25.3 Å². The Bertz CT molecular complexity index is 447. The van der Waals surface area contributed by atoms with Crippen molar-refractivity contribution in [2.75, 3.05) is 36.2 Å². The van der Waals surface area contributed by atoms with Gasteiger partial charge in [-0.15, -0.1) is 0 Å². The van der Waals surface area contributed by atoms with Crippen LogP contribution < -0.4 is 5.32 Å². The van der Waals surface area contributed by atoms with Crippen LogP contribution >= 0.6 is 23.5 Å². The molecule has 1 unspecified atom stereocenters. The molecule has 1 aromatic rings. The summed E-state index contributed by atoms with van der Waals surface area (Å²) in [6.07, 6.45) is 1.95. The fourth-order valence-electron chi connectivity index (χ4n) is 2.12. The lowest BCUT2D eigenvalue weighted by molar-refractivity contribution is -0.115. The van der Waals surface area contributed by atoms with E-state index in [0.29, 0.717) is 0 Å². The lowest BCUT2D eigenvalue weighted by atomic mass is 10.2. The van der Waals surface area contributed by atoms with Crippen LogP contribution in [-0.2, 0) is 11.3 Å². The maximum absolute atomic E-state index is 11.9. The summed E-state index contributed by atoms with van der Waals surface area (Å²) >= 11 is 3.59. The van der Waals surface area contributed by atoms with Crippen molar-refractivity contribution < 1.29 is 4.79 Å². The number of anilines is 1. The van der Waals surface area contributed by atoms with Crippen LogP contribution in [0.3, 0.4) is 0 Å². The maximum Gasteiger partial charge on any atom is 0.237 e. The number of amides is 1. The van der Waals surface area contributed by atoms with Crippen LogP contribution in [0.15, 0.2) is 24.3 Å². The molecule has 1 N–H and O–H groups in total. The molecule has 0 aromatic heterocycles.